The van der Waals surface area contributed by atoms with Crippen LogP contribution in [0.25, 0.3) is 0 Å². The lowest BCUT2D eigenvalue weighted by molar-refractivity contribution is -0.142. The van der Waals surface area contributed by atoms with E-state index in [4.69, 9.17) is 5.11 Å². The monoisotopic (exact) mass is 187 g/mol. The zero-order valence-corrected chi connectivity index (χ0v) is 8.16. The first-order valence-corrected chi connectivity index (χ1v) is 4.53. The molecule has 2 N–H and O–H groups in total. The molecule has 76 valence electrons. The molecule has 0 amide bonds. The highest BCUT2D eigenvalue weighted by Gasteiger charge is 2.40. The van der Waals surface area contributed by atoms with Crippen LogP contribution in [0.4, 0.5) is 0 Å². The normalized spacial score (nSPS) is 34.0. The van der Waals surface area contributed by atoms with E-state index in [9.17, 15) is 9.90 Å². The zero-order chi connectivity index (χ0) is 10.1. The van der Waals surface area contributed by atoms with E-state index in [1.807, 2.05) is 19.0 Å². The second kappa shape index (κ2) is 3.64. The first-order chi connectivity index (χ1) is 5.93. The lowest BCUT2D eigenvalue weighted by Crippen LogP contribution is -2.38. The van der Waals surface area contributed by atoms with E-state index in [-0.39, 0.29) is 5.92 Å². The predicted molar refractivity (Wildman–Crippen MR) is 48.5 cm³/mol. The predicted octanol–water partition coefficient (Wildman–Crippen LogP) is 0.164. The number of carbonyl (C=O) groups is 1. The van der Waals surface area contributed by atoms with Crippen molar-refractivity contribution in [1.29, 1.82) is 0 Å². The van der Waals surface area contributed by atoms with Crippen LogP contribution in [0.1, 0.15) is 19.3 Å². The summed E-state index contributed by atoms with van der Waals surface area (Å²) in [5.41, 5.74) is -0.785. The SMILES string of the molecule is CN(C)CC1(O)CCC(C(=O)O)C1. The number of carboxylic acid groups (broad SMARTS) is 1. The van der Waals surface area contributed by atoms with Crippen molar-refractivity contribution >= 4 is 5.97 Å². The molecule has 0 spiro atoms. The molecule has 1 aliphatic rings. The summed E-state index contributed by atoms with van der Waals surface area (Å²) >= 11 is 0. The Morgan fingerprint density at radius 2 is 2.23 bits per heavy atom. The number of hydrogen-bond donors (Lipinski definition) is 2. The van der Waals surface area contributed by atoms with Gasteiger partial charge in [-0.1, -0.05) is 0 Å². The highest BCUT2D eigenvalue weighted by molar-refractivity contribution is 5.70. The summed E-state index contributed by atoms with van der Waals surface area (Å²) in [6.07, 6.45) is 1.59. The van der Waals surface area contributed by atoms with Crippen molar-refractivity contribution in [3.8, 4) is 0 Å². The number of aliphatic carboxylic acids is 1. The third kappa shape index (κ3) is 2.67. The maximum absolute atomic E-state index is 10.7. The molecule has 0 heterocycles. The third-order valence-corrected chi connectivity index (χ3v) is 2.54. The Balaban J connectivity index is 2.51. The summed E-state index contributed by atoms with van der Waals surface area (Å²) in [5, 5.41) is 18.7. The number of hydrogen-bond acceptors (Lipinski definition) is 3. The topological polar surface area (TPSA) is 60.8 Å². The lowest BCUT2D eigenvalue weighted by atomic mass is 10.00. The van der Waals surface area contributed by atoms with Crippen LogP contribution in [0, 0.1) is 5.92 Å². The number of nitrogens with zero attached hydrogens (tertiary/aromatic N) is 1. The van der Waals surface area contributed by atoms with E-state index in [0.29, 0.717) is 25.8 Å². The number of likely N-dealkylation sites (N-methyl/N-ethyl adjacent to an activating group) is 1. The Hall–Kier alpha value is -0.610. The van der Waals surface area contributed by atoms with Gasteiger partial charge in [-0.15, -0.1) is 0 Å². The van der Waals surface area contributed by atoms with Crippen molar-refractivity contribution < 1.29 is 15.0 Å². The molecular formula is C9H17NO3. The summed E-state index contributed by atoms with van der Waals surface area (Å²) in [4.78, 5) is 12.5. The van der Waals surface area contributed by atoms with Crippen molar-refractivity contribution in [2.24, 2.45) is 5.92 Å². The first kappa shape index (κ1) is 10.5. The van der Waals surface area contributed by atoms with Crippen molar-refractivity contribution in [2.75, 3.05) is 20.6 Å². The molecule has 0 saturated heterocycles. The van der Waals surface area contributed by atoms with Gasteiger partial charge in [0.25, 0.3) is 0 Å². The molecule has 4 nitrogen and oxygen atoms in total. The molecule has 2 unspecified atom stereocenters. The van der Waals surface area contributed by atoms with Gasteiger partial charge < -0.3 is 15.1 Å². The van der Waals surface area contributed by atoms with Gasteiger partial charge in [-0.2, -0.15) is 0 Å². The largest absolute Gasteiger partial charge is 0.481 e. The minimum atomic E-state index is -0.785. The van der Waals surface area contributed by atoms with E-state index in [2.05, 4.69) is 0 Å². The standard InChI is InChI=1S/C9H17NO3/c1-10(2)6-9(13)4-3-7(5-9)8(11)12/h7,13H,3-6H2,1-2H3,(H,11,12). The summed E-state index contributed by atoms with van der Waals surface area (Å²) in [6.45, 7) is 0.552. The Morgan fingerprint density at radius 1 is 1.62 bits per heavy atom. The van der Waals surface area contributed by atoms with Crippen LogP contribution in [-0.4, -0.2) is 47.3 Å². The summed E-state index contributed by atoms with van der Waals surface area (Å²) in [6, 6.07) is 0. The van der Waals surface area contributed by atoms with Gasteiger partial charge in [0.05, 0.1) is 11.5 Å². The van der Waals surface area contributed by atoms with Gasteiger partial charge in [0, 0.05) is 6.54 Å². The van der Waals surface area contributed by atoms with E-state index < -0.39 is 11.6 Å². The van der Waals surface area contributed by atoms with Gasteiger partial charge in [0.15, 0.2) is 0 Å². The van der Waals surface area contributed by atoms with Crippen molar-refractivity contribution in [3.05, 3.63) is 0 Å². The third-order valence-electron chi connectivity index (χ3n) is 2.54. The maximum atomic E-state index is 10.7. The Bertz CT molecular complexity index is 205. The van der Waals surface area contributed by atoms with Crippen LogP contribution in [0.5, 0.6) is 0 Å². The average Bonchev–Trinajstić information content (AvgIpc) is 2.29. The fourth-order valence-electron chi connectivity index (χ4n) is 2.05. The van der Waals surface area contributed by atoms with Gasteiger partial charge in [-0.05, 0) is 33.4 Å². The maximum Gasteiger partial charge on any atom is 0.306 e. The van der Waals surface area contributed by atoms with Crippen LogP contribution in [-0.2, 0) is 4.79 Å². The minimum Gasteiger partial charge on any atom is -0.481 e. The first-order valence-electron chi connectivity index (χ1n) is 4.53. The second-order valence-corrected chi connectivity index (χ2v) is 4.24. The number of carboxylic acids is 1. The van der Waals surface area contributed by atoms with E-state index in [1.165, 1.54) is 0 Å². The highest BCUT2D eigenvalue weighted by Crippen LogP contribution is 2.34. The number of rotatable bonds is 3. The fourth-order valence-corrected chi connectivity index (χ4v) is 2.05. The number of aliphatic hydroxyl groups is 1. The van der Waals surface area contributed by atoms with Crippen LogP contribution in [0.15, 0.2) is 0 Å². The van der Waals surface area contributed by atoms with Crippen LogP contribution in [0.2, 0.25) is 0 Å². The highest BCUT2D eigenvalue weighted by atomic mass is 16.4. The molecule has 13 heavy (non-hydrogen) atoms. The van der Waals surface area contributed by atoms with E-state index in [1.54, 1.807) is 0 Å². The molecule has 1 aliphatic carbocycles. The molecule has 2 atom stereocenters. The van der Waals surface area contributed by atoms with Gasteiger partial charge in [0.1, 0.15) is 0 Å². The molecule has 0 bridgehead atoms. The lowest BCUT2D eigenvalue weighted by Gasteiger charge is -2.26. The van der Waals surface area contributed by atoms with E-state index in [0.717, 1.165) is 0 Å². The molecule has 1 rings (SSSR count). The van der Waals surface area contributed by atoms with Gasteiger partial charge in [-0.25, -0.2) is 0 Å². The van der Waals surface area contributed by atoms with Gasteiger partial charge in [-0.3, -0.25) is 4.79 Å². The minimum absolute atomic E-state index is 0.357. The second-order valence-electron chi connectivity index (χ2n) is 4.24. The van der Waals surface area contributed by atoms with Gasteiger partial charge >= 0.3 is 5.97 Å². The summed E-state index contributed by atoms with van der Waals surface area (Å²) < 4.78 is 0. The molecule has 1 saturated carbocycles. The Labute approximate surface area is 78.2 Å². The smallest absolute Gasteiger partial charge is 0.306 e. The van der Waals surface area contributed by atoms with Crippen LogP contribution in [0.3, 0.4) is 0 Å². The van der Waals surface area contributed by atoms with E-state index >= 15 is 0 Å². The zero-order valence-electron chi connectivity index (χ0n) is 8.16. The van der Waals surface area contributed by atoms with Gasteiger partial charge in [0.2, 0.25) is 0 Å². The quantitative estimate of drug-likeness (QED) is 0.661. The molecular weight excluding hydrogens is 170 g/mol. The molecule has 0 aromatic carbocycles. The van der Waals surface area contributed by atoms with Crippen LogP contribution >= 0.6 is 0 Å². The summed E-state index contributed by atoms with van der Waals surface area (Å²) in [7, 11) is 3.76. The van der Waals surface area contributed by atoms with Crippen molar-refractivity contribution in [2.45, 2.75) is 24.9 Å². The summed E-state index contributed by atoms with van der Waals surface area (Å²) in [5.74, 6) is -1.14. The molecule has 0 aliphatic heterocycles. The molecule has 0 aromatic rings. The molecule has 0 aromatic heterocycles. The van der Waals surface area contributed by atoms with Crippen molar-refractivity contribution in [1.82, 2.24) is 4.90 Å². The molecule has 1 fully saturated rings. The fraction of sp³-hybridized carbons (Fsp3) is 0.889. The van der Waals surface area contributed by atoms with Crippen LogP contribution < -0.4 is 0 Å². The van der Waals surface area contributed by atoms with Crippen molar-refractivity contribution in [3.63, 3.8) is 0 Å². The Morgan fingerprint density at radius 3 is 2.62 bits per heavy atom. The molecule has 0 radical (unpaired) electrons. The molecule has 4 heteroatoms. The Kier molecular flexibility index (Phi) is 2.93. The average molecular weight is 187 g/mol.